The Labute approximate surface area is 200 Å². The van der Waals surface area contributed by atoms with Crippen LogP contribution in [-0.4, -0.2) is 76.4 Å². The first kappa shape index (κ1) is 27.8. The number of aromatic nitrogens is 1. The van der Waals surface area contributed by atoms with E-state index in [0.717, 1.165) is 32.5 Å². The number of piperidine rings is 1. The van der Waals surface area contributed by atoms with E-state index in [1.165, 1.54) is 29.4 Å². The van der Waals surface area contributed by atoms with Gasteiger partial charge >= 0.3 is 71.9 Å². The Morgan fingerprint density at radius 3 is 1.84 bits per heavy atom. The van der Waals surface area contributed by atoms with Crippen LogP contribution in [0.4, 0.5) is 0 Å². The van der Waals surface area contributed by atoms with Crippen LogP contribution in [0.25, 0.3) is 0 Å². The molecule has 6 nitrogen and oxygen atoms in total. The molecule has 31 heavy (non-hydrogen) atoms. The van der Waals surface area contributed by atoms with E-state index >= 15 is 0 Å². The van der Waals surface area contributed by atoms with Crippen LogP contribution < -0.4 is 0 Å². The number of carbonyl (C=O) groups excluding carboxylic acids is 2. The van der Waals surface area contributed by atoms with E-state index in [2.05, 4.69) is 75.4 Å². The van der Waals surface area contributed by atoms with E-state index in [1.807, 2.05) is 16.8 Å². The zero-order valence-electron chi connectivity index (χ0n) is 20.5. The Bertz CT molecular complexity index is 745. The fourth-order valence-corrected chi connectivity index (χ4v) is 4.85. The number of likely N-dealkylation sites (tertiary alicyclic amines) is 1. The summed E-state index contributed by atoms with van der Waals surface area (Å²) in [6.07, 6.45) is 5.16. The molecule has 2 amide bonds. The summed E-state index contributed by atoms with van der Waals surface area (Å²) in [7, 11) is 1.98. The van der Waals surface area contributed by atoms with Gasteiger partial charge in [-0.1, -0.05) is 0 Å². The number of piperazine rings is 1. The first-order valence-electron chi connectivity index (χ1n) is 11.5. The summed E-state index contributed by atoms with van der Waals surface area (Å²) in [6, 6.07) is 7.67. The van der Waals surface area contributed by atoms with Crippen molar-refractivity contribution in [2.75, 3.05) is 33.2 Å². The predicted molar refractivity (Wildman–Crippen MR) is 123 cm³/mol. The molecule has 0 unspecified atom stereocenters. The molecule has 2 aliphatic rings. The Morgan fingerprint density at radius 2 is 1.42 bits per heavy atom. The van der Waals surface area contributed by atoms with Crippen LogP contribution in [0.15, 0.2) is 24.4 Å². The number of amides is 2. The van der Waals surface area contributed by atoms with Crippen molar-refractivity contribution in [1.82, 2.24) is 19.3 Å². The minimum absolute atomic E-state index is 0.258. The number of rotatable bonds is 3. The van der Waals surface area contributed by atoms with Crippen molar-refractivity contribution < 1.29 is 28.9 Å². The fraction of sp³-hybridized carbons (Fsp3) is 0.708. The molecule has 1 aromatic rings. The van der Waals surface area contributed by atoms with Gasteiger partial charge in [-0.25, -0.2) is 0 Å². The molecule has 2 aliphatic heterocycles. The number of nitrogens with zero attached hydrogens (tertiary/aromatic N) is 4. The van der Waals surface area contributed by atoms with Crippen molar-refractivity contribution in [2.24, 2.45) is 0 Å². The first-order valence-corrected chi connectivity index (χ1v) is 13.0. The van der Waals surface area contributed by atoms with Gasteiger partial charge in [-0.15, -0.1) is 0 Å². The van der Waals surface area contributed by atoms with Gasteiger partial charge < -0.3 is 9.80 Å². The van der Waals surface area contributed by atoms with Crippen molar-refractivity contribution in [3.63, 3.8) is 0 Å². The van der Waals surface area contributed by atoms with E-state index in [1.54, 1.807) is 0 Å². The van der Waals surface area contributed by atoms with Gasteiger partial charge in [0.25, 0.3) is 0 Å². The Morgan fingerprint density at radius 1 is 0.806 bits per heavy atom. The van der Waals surface area contributed by atoms with Gasteiger partial charge in [0.15, 0.2) is 0 Å². The third kappa shape index (κ3) is 9.82. The Kier molecular flexibility index (Phi) is 12.5. The number of hydrogen-bond acceptors (Lipinski definition) is 3. The van der Waals surface area contributed by atoms with Gasteiger partial charge in [-0.05, 0) is 47.6 Å². The van der Waals surface area contributed by atoms with Gasteiger partial charge in [0.05, 0.1) is 6.54 Å². The molecule has 0 saturated carbocycles. The van der Waals surface area contributed by atoms with Gasteiger partial charge in [0.2, 0.25) is 11.8 Å². The zero-order valence-corrected chi connectivity index (χ0v) is 23.4. The Balaban J connectivity index is 0.000000233. The van der Waals surface area contributed by atoms with E-state index in [9.17, 15) is 9.59 Å². The summed E-state index contributed by atoms with van der Waals surface area (Å²) < 4.78 is 3.69. The Hall–Kier alpha value is -1.26. The third-order valence-corrected chi connectivity index (χ3v) is 6.71. The van der Waals surface area contributed by atoms with E-state index in [4.69, 9.17) is 0 Å². The molecule has 2 fully saturated rings. The topological polar surface area (TPSA) is 48.8 Å². The van der Waals surface area contributed by atoms with Crippen LogP contribution >= 0.6 is 0 Å². The fourth-order valence-electron chi connectivity index (χ4n) is 3.59. The van der Waals surface area contributed by atoms with E-state index in [-0.39, 0.29) is 5.91 Å². The van der Waals surface area contributed by atoms with Crippen LogP contribution in [0, 0.1) is 3.67 Å². The van der Waals surface area contributed by atoms with Crippen LogP contribution in [-0.2, 0) is 28.9 Å². The van der Waals surface area contributed by atoms with Crippen LogP contribution in [0.5, 0.6) is 0 Å². The molecule has 0 atom stereocenters. The van der Waals surface area contributed by atoms with Crippen LogP contribution in [0.1, 0.15) is 66.8 Å². The molecular weight excluding hydrogens is 560 g/mol. The minimum atomic E-state index is 0.258. The molecule has 3 heterocycles. The standard InChI is InChI=1S/C8H16N2O.C8H15NO.C8H11N.W/c1-7(2)10-5-4-9(3)6-8(10)11;1-7(2)9-6-4-3-5-8(9)10;1-8(2)9-6-4-3-5-7-9;/h7H,4-6H2,1-3H3;7H,3-6H2,1-2H3;3-6,8H,1-2H3;. The maximum atomic E-state index is 11.3. The summed E-state index contributed by atoms with van der Waals surface area (Å²) >= 11 is 1.53. The summed E-state index contributed by atoms with van der Waals surface area (Å²) in [5.74, 6) is 0.593. The number of carbonyl (C=O) groups is 2. The average molecular weight is 602 g/mol. The quantitative estimate of drug-likeness (QED) is 0.531. The van der Waals surface area contributed by atoms with Gasteiger partial charge in [0.1, 0.15) is 0 Å². The summed E-state index contributed by atoms with van der Waals surface area (Å²) in [5.41, 5.74) is 0. The maximum absolute atomic E-state index is 11.3. The molecule has 0 bridgehead atoms. The number of pyridine rings is 1. The second-order valence-corrected chi connectivity index (χ2v) is 10.6. The van der Waals surface area contributed by atoms with E-state index in [0.29, 0.717) is 30.6 Å². The predicted octanol–water partition coefficient (Wildman–Crippen LogP) is 3.72. The van der Waals surface area contributed by atoms with Crippen molar-refractivity contribution in [1.29, 1.82) is 0 Å². The van der Waals surface area contributed by atoms with Crippen LogP contribution in [0.3, 0.4) is 0 Å². The molecule has 7 heteroatoms. The van der Waals surface area contributed by atoms with Gasteiger partial charge in [0, 0.05) is 38.1 Å². The van der Waals surface area contributed by atoms with Gasteiger partial charge in [-0.3, -0.25) is 14.5 Å². The van der Waals surface area contributed by atoms with Crippen molar-refractivity contribution >= 4 is 11.8 Å². The van der Waals surface area contributed by atoms with Crippen molar-refractivity contribution in [3.05, 3.63) is 28.1 Å². The average Bonchev–Trinajstić information content (AvgIpc) is 2.69. The molecule has 0 aromatic carbocycles. The molecule has 2 saturated heterocycles. The number of likely N-dealkylation sites (N-methyl/N-ethyl adjacent to an activating group) is 1. The molecule has 0 N–H and O–H groups in total. The summed E-state index contributed by atoms with van der Waals surface area (Å²) in [6.45, 7) is 16.1. The van der Waals surface area contributed by atoms with Gasteiger partial charge in [-0.2, -0.15) is 0 Å². The van der Waals surface area contributed by atoms with Crippen LogP contribution in [0.2, 0.25) is 0 Å². The summed E-state index contributed by atoms with van der Waals surface area (Å²) in [4.78, 5) is 28.4. The second kappa shape index (κ2) is 14.0. The number of hydrogen-bond donors (Lipinski definition) is 0. The summed E-state index contributed by atoms with van der Waals surface area (Å²) in [5, 5.41) is 0. The second-order valence-electron chi connectivity index (χ2n) is 9.10. The molecule has 176 valence electrons. The molecular formula is C24H42N4O2W. The molecule has 0 spiro atoms. The SMILES string of the molecule is CC(C)N1CCCCC1=O.CC(C)N1CCN(C)CC1=O.CC(C)n1cccc[c]1=[W]. The van der Waals surface area contributed by atoms with Crippen molar-refractivity contribution in [2.45, 2.75) is 78.9 Å². The van der Waals surface area contributed by atoms with Crippen molar-refractivity contribution in [3.8, 4) is 0 Å². The molecule has 0 radical (unpaired) electrons. The molecule has 0 aliphatic carbocycles. The normalized spacial score (nSPS) is 17.5. The third-order valence-electron chi connectivity index (χ3n) is 5.46. The molecule has 1 aromatic heterocycles. The first-order chi connectivity index (χ1) is 14.5. The van der Waals surface area contributed by atoms with E-state index < -0.39 is 0 Å². The monoisotopic (exact) mass is 602 g/mol. The zero-order chi connectivity index (χ0) is 23.6. The molecule has 3 rings (SSSR count).